The summed E-state index contributed by atoms with van der Waals surface area (Å²) in [5.74, 6) is 0.714. The SMILES string of the molecule is COCCNC(=O)CCN(CCc1ccc(OC)cc1)C(C)=O. The maximum Gasteiger partial charge on any atom is 0.221 e. The number of carbonyl (C=O) groups excluding carboxylic acids is 2. The van der Waals surface area contributed by atoms with E-state index in [1.165, 1.54) is 6.92 Å². The van der Waals surface area contributed by atoms with Crippen molar-refractivity contribution in [3.8, 4) is 5.75 Å². The lowest BCUT2D eigenvalue weighted by Crippen LogP contribution is -2.35. The smallest absolute Gasteiger partial charge is 0.221 e. The van der Waals surface area contributed by atoms with Gasteiger partial charge >= 0.3 is 0 Å². The summed E-state index contributed by atoms with van der Waals surface area (Å²) in [6, 6.07) is 7.76. The van der Waals surface area contributed by atoms with Crippen molar-refractivity contribution in [1.29, 1.82) is 0 Å². The van der Waals surface area contributed by atoms with Crippen LogP contribution in [0.15, 0.2) is 24.3 Å². The van der Waals surface area contributed by atoms with E-state index in [9.17, 15) is 9.59 Å². The normalized spacial score (nSPS) is 10.2. The number of benzene rings is 1. The minimum atomic E-state index is -0.0715. The Kier molecular flexibility index (Phi) is 8.75. The van der Waals surface area contributed by atoms with Crippen molar-refractivity contribution in [3.05, 3.63) is 29.8 Å². The molecule has 6 heteroatoms. The molecule has 0 atom stereocenters. The lowest BCUT2D eigenvalue weighted by molar-refractivity contribution is -0.129. The molecule has 0 radical (unpaired) electrons. The van der Waals surface area contributed by atoms with E-state index in [0.29, 0.717) is 32.7 Å². The molecule has 0 saturated carbocycles. The summed E-state index contributed by atoms with van der Waals surface area (Å²) in [4.78, 5) is 25.1. The third-order valence-corrected chi connectivity index (χ3v) is 3.51. The first-order chi connectivity index (χ1) is 11.1. The highest BCUT2D eigenvalue weighted by Gasteiger charge is 2.11. The molecule has 0 heterocycles. The van der Waals surface area contributed by atoms with Crippen molar-refractivity contribution >= 4 is 11.8 Å². The van der Waals surface area contributed by atoms with Crippen LogP contribution in [0.25, 0.3) is 0 Å². The number of hydrogen-bond acceptors (Lipinski definition) is 4. The Balaban J connectivity index is 2.39. The molecule has 1 aromatic carbocycles. The van der Waals surface area contributed by atoms with E-state index in [4.69, 9.17) is 9.47 Å². The van der Waals surface area contributed by atoms with Crippen LogP contribution >= 0.6 is 0 Å². The average molecular weight is 322 g/mol. The molecular formula is C17H26N2O4. The van der Waals surface area contributed by atoms with E-state index in [-0.39, 0.29) is 11.8 Å². The highest BCUT2D eigenvalue weighted by molar-refractivity contribution is 5.78. The van der Waals surface area contributed by atoms with E-state index in [2.05, 4.69) is 5.32 Å². The van der Waals surface area contributed by atoms with Gasteiger partial charge < -0.3 is 19.7 Å². The van der Waals surface area contributed by atoms with Crippen LogP contribution in [0.5, 0.6) is 5.75 Å². The van der Waals surface area contributed by atoms with Gasteiger partial charge in [-0.25, -0.2) is 0 Å². The van der Waals surface area contributed by atoms with Gasteiger partial charge in [-0.2, -0.15) is 0 Å². The van der Waals surface area contributed by atoms with Crippen molar-refractivity contribution in [3.63, 3.8) is 0 Å². The number of nitrogens with one attached hydrogen (secondary N) is 1. The highest BCUT2D eigenvalue weighted by Crippen LogP contribution is 2.12. The zero-order valence-electron chi connectivity index (χ0n) is 14.1. The quantitative estimate of drug-likeness (QED) is 0.658. The van der Waals surface area contributed by atoms with Gasteiger partial charge in [-0.05, 0) is 24.1 Å². The summed E-state index contributed by atoms with van der Waals surface area (Å²) < 4.78 is 9.99. The fourth-order valence-electron chi connectivity index (χ4n) is 2.10. The summed E-state index contributed by atoms with van der Waals surface area (Å²) in [5, 5.41) is 2.75. The average Bonchev–Trinajstić information content (AvgIpc) is 2.55. The summed E-state index contributed by atoms with van der Waals surface area (Å²) in [7, 11) is 3.22. The van der Waals surface area contributed by atoms with E-state index in [0.717, 1.165) is 17.7 Å². The summed E-state index contributed by atoms with van der Waals surface area (Å²) in [5.41, 5.74) is 1.13. The molecule has 0 spiro atoms. The number of rotatable bonds is 10. The molecule has 0 saturated heterocycles. The van der Waals surface area contributed by atoms with E-state index >= 15 is 0 Å². The van der Waals surface area contributed by atoms with Gasteiger partial charge in [-0.3, -0.25) is 9.59 Å². The second-order valence-corrected chi connectivity index (χ2v) is 5.20. The predicted molar refractivity (Wildman–Crippen MR) is 88.5 cm³/mol. The number of carbonyl (C=O) groups is 2. The van der Waals surface area contributed by atoms with Gasteiger partial charge in [0.25, 0.3) is 0 Å². The van der Waals surface area contributed by atoms with Crippen LogP contribution in [0.4, 0.5) is 0 Å². The second kappa shape index (κ2) is 10.6. The Bertz CT molecular complexity index is 488. The molecule has 0 unspecified atom stereocenters. The van der Waals surface area contributed by atoms with Crippen LogP contribution in [0.2, 0.25) is 0 Å². The van der Waals surface area contributed by atoms with Crippen molar-refractivity contribution < 1.29 is 19.1 Å². The van der Waals surface area contributed by atoms with Gasteiger partial charge in [0, 0.05) is 40.1 Å². The highest BCUT2D eigenvalue weighted by atomic mass is 16.5. The zero-order chi connectivity index (χ0) is 17.1. The lowest BCUT2D eigenvalue weighted by Gasteiger charge is -2.21. The van der Waals surface area contributed by atoms with Gasteiger partial charge in [0.05, 0.1) is 13.7 Å². The predicted octanol–water partition coefficient (Wildman–Crippen LogP) is 1.24. The summed E-state index contributed by atoms with van der Waals surface area (Å²) in [6.07, 6.45) is 1.04. The van der Waals surface area contributed by atoms with E-state index in [1.54, 1.807) is 19.1 Å². The second-order valence-electron chi connectivity index (χ2n) is 5.20. The van der Waals surface area contributed by atoms with Crippen molar-refractivity contribution in [2.45, 2.75) is 19.8 Å². The van der Waals surface area contributed by atoms with Crippen LogP contribution in [0, 0.1) is 0 Å². The summed E-state index contributed by atoms with van der Waals surface area (Å²) >= 11 is 0. The number of ether oxygens (including phenoxy) is 2. The fourth-order valence-corrected chi connectivity index (χ4v) is 2.10. The number of amides is 2. The van der Waals surface area contributed by atoms with Crippen LogP contribution < -0.4 is 10.1 Å². The molecular weight excluding hydrogens is 296 g/mol. The van der Waals surface area contributed by atoms with Gasteiger partial charge in [0.2, 0.25) is 11.8 Å². The Morgan fingerprint density at radius 1 is 1.13 bits per heavy atom. The van der Waals surface area contributed by atoms with Crippen LogP contribution in [-0.4, -0.2) is 57.2 Å². The first kappa shape index (κ1) is 19.0. The van der Waals surface area contributed by atoms with E-state index in [1.807, 2.05) is 24.3 Å². The van der Waals surface area contributed by atoms with Gasteiger partial charge in [0.1, 0.15) is 5.75 Å². The molecule has 1 aromatic rings. The Morgan fingerprint density at radius 2 is 1.83 bits per heavy atom. The monoisotopic (exact) mass is 322 g/mol. The third kappa shape index (κ3) is 7.65. The minimum Gasteiger partial charge on any atom is -0.497 e. The molecule has 1 rings (SSSR count). The number of nitrogens with zero attached hydrogens (tertiary/aromatic N) is 1. The molecule has 2 amide bonds. The third-order valence-electron chi connectivity index (χ3n) is 3.51. The summed E-state index contributed by atoms with van der Waals surface area (Å²) in [6.45, 7) is 3.51. The molecule has 0 aliphatic carbocycles. The first-order valence-electron chi connectivity index (χ1n) is 7.71. The fraction of sp³-hybridized carbons (Fsp3) is 0.529. The molecule has 0 aromatic heterocycles. The first-order valence-corrected chi connectivity index (χ1v) is 7.71. The molecule has 128 valence electrons. The maximum absolute atomic E-state index is 11.7. The molecule has 6 nitrogen and oxygen atoms in total. The van der Waals surface area contributed by atoms with Gasteiger partial charge in [-0.15, -0.1) is 0 Å². The molecule has 0 bridgehead atoms. The standard InChI is InChI=1S/C17H26N2O4/c1-14(20)19(12-9-17(21)18-10-13-22-2)11-8-15-4-6-16(23-3)7-5-15/h4-7H,8-13H2,1-3H3,(H,18,21). The van der Waals surface area contributed by atoms with Gasteiger partial charge in [-0.1, -0.05) is 12.1 Å². The van der Waals surface area contributed by atoms with Crippen molar-refractivity contribution in [1.82, 2.24) is 10.2 Å². The van der Waals surface area contributed by atoms with Crippen molar-refractivity contribution in [2.24, 2.45) is 0 Å². The van der Waals surface area contributed by atoms with E-state index < -0.39 is 0 Å². The topological polar surface area (TPSA) is 67.9 Å². The number of hydrogen-bond donors (Lipinski definition) is 1. The molecule has 0 aliphatic rings. The van der Waals surface area contributed by atoms with Crippen LogP contribution in [0.3, 0.4) is 0 Å². The zero-order valence-corrected chi connectivity index (χ0v) is 14.1. The molecule has 0 fully saturated rings. The Morgan fingerprint density at radius 3 is 2.39 bits per heavy atom. The van der Waals surface area contributed by atoms with Crippen LogP contribution in [0.1, 0.15) is 18.9 Å². The minimum absolute atomic E-state index is 0.0248. The van der Waals surface area contributed by atoms with Crippen LogP contribution in [-0.2, 0) is 20.7 Å². The Hall–Kier alpha value is -2.08. The molecule has 23 heavy (non-hydrogen) atoms. The molecule has 0 aliphatic heterocycles. The Labute approximate surface area is 137 Å². The largest absolute Gasteiger partial charge is 0.497 e. The number of methoxy groups -OCH3 is 2. The van der Waals surface area contributed by atoms with Crippen molar-refractivity contribution in [2.75, 3.05) is 40.5 Å². The maximum atomic E-state index is 11.7. The van der Waals surface area contributed by atoms with Gasteiger partial charge in [0.15, 0.2) is 0 Å². The lowest BCUT2D eigenvalue weighted by atomic mass is 10.1. The molecule has 1 N–H and O–H groups in total.